The van der Waals surface area contributed by atoms with Crippen LogP contribution in [-0.2, 0) is 10.0 Å². The van der Waals surface area contributed by atoms with Gasteiger partial charge in [-0.3, -0.25) is 0 Å². The standard InChI is InChI=1S/C23H28ClN3O3S/c1-25-11-13-26(14-12-25)10-3-15-30-21-7-4-18(5-8-21)23-17-19-16-20(24)6-9-22(19)27(23)31(2,28)29/h4-9,16-17H,3,10-15H2,1-2H3. The molecule has 4 rings (SSSR count). The van der Waals surface area contributed by atoms with Gasteiger partial charge in [-0.15, -0.1) is 0 Å². The van der Waals surface area contributed by atoms with Gasteiger partial charge in [-0.1, -0.05) is 11.6 Å². The minimum atomic E-state index is -3.48. The lowest BCUT2D eigenvalue weighted by molar-refractivity contribution is 0.145. The molecule has 8 heteroatoms. The van der Waals surface area contributed by atoms with Gasteiger partial charge in [0.1, 0.15) is 5.75 Å². The highest BCUT2D eigenvalue weighted by Crippen LogP contribution is 2.32. The molecule has 0 spiro atoms. The SMILES string of the molecule is CN1CCN(CCCOc2ccc(-c3cc4cc(Cl)ccc4n3S(C)(=O)=O)cc2)CC1. The predicted molar refractivity (Wildman–Crippen MR) is 127 cm³/mol. The predicted octanol–water partition coefficient (Wildman–Crippen LogP) is 3.79. The topological polar surface area (TPSA) is 54.8 Å². The van der Waals surface area contributed by atoms with Crippen molar-refractivity contribution in [2.75, 3.05) is 52.6 Å². The van der Waals surface area contributed by atoms with Gasteiger partial charge in [0, 0.05) is 43.1 Å². The number of rotatable bonds is 7. The van der Waals surface area contributed by atoms with Crippen LogP contribution in [0, 0.1) is 0 Å². The summed E-state index contributed by atoms with van der Waals surface area (Å²) in [5, 5.41) is 1.36. The lowest BCUT2D eigenvalue weighted by atomic mass is 10.1. The Kier molecular flexibility index (Phi) is 6.57. The smallest absolute Gasteiger partial charge is 0.236 e. The van der Waals surface area contributed by atoms with E-state index in [2.05, 4.69) is 16.8 Å². The van der Waals surface area contributed by atoms with E-state index in [1.807, 2.05) is 30.3 Å². The summed E-state index contributed by atoms with van der Waals surface area (Å²) in [5.74, 6) is 0.784. The van der Waals surface area contributed by atoms with Gasteiger partial charge in [-0.05, 0) is 67.6 Å². The van der Waals surface area contributed by atoms with Crippen LogP contribution in [0.4, 0.5) is 0 Å². The van der Waals surface area contributed by atoms with E-state index in [0.717, 1.165) is 55.8 Å². The number of ether oxygens (including phenoxy) is 1. The summed E-state index contributed by atoms with van der Waals surface area (Å²) in [6, 6.07) is 14.6. The Balaban J connectivity index is 1.44. The van der Waals surface area contributed by atoms with Crippen molar-refractivity contribution in [3.63, 3.8) is 0 Å². The molecule has 0 atom stereocenters. The first-order valence-electron chi connectivity index (χ1n) is 10.5. The summed E-state index contributed by atoms with van der Waals surface area (Å²) < 4.78 is 32.2. The van der Waals surface area contributed by atoms with E-state index in [1.54, 1.807) is 18.2 Å². The van der Waals surface area contributed by atoms with Gasteiger partial charge in [0.05, 0.1) is 24.1 Å². The van der Waals surface area contributed by atoms with Crippen molar-refractivity contribution in [3.8, 4) is 17.0 Å². The summed E-state index contributed by atoms with van der Waals surface area (Å²) in [7, 11) is -1.32. The molecule has 0 radical (unpaired) electrons. The molecule has 3 aromatic rings. The minimum absolute atomic E-state index is 0.574. The van der Waals surface area contributed by atoms with Crippen LogP contribution in [0.2, 0.25) is 5.02 Å². The minimum Gasteiger partial charge on any atom is -0.494 e. The van der Waals surface area contributed by atoms with Crippen LogP contribution in [-0.4, -0.2) is 74.8 Å². The second kappa shape index (κ2) is 9.20. The Morgan fingerprint density at radius 1 is 1.00 bits per heavy atom. The number of halogens is 1. The summed E-state index contributed by atoms with van der Waals surface area (Å²) >= 11 is 6.10. The summed E-state index contributed by atoms with van der Waals surface area (Å²) in [5.41, 5.74) is 2.04. The van der Waals surface area contributed by atoms with E-state index < -0.39 is 10.0 Å². The van der Waals surface area contributed by atoms with Crippen molar-refractivity contribution >= 4 is 32.5 Å². The van der Waals surface area contributed by atoms with Crippen molar-refractivity contribution < 1.29 is 13.2 Å². The zero-order valence-electron chi connectivity index (χ0n) is 17.9. The molecule has 1 fully saturated rings. The second-order valence-electron chi connectivity index (χ2n) is 8.13. The van der Waals surface area contributed by atoms with Crippen molar-refractivity contribution in [2.45, 2.75) is 6.42 Å². The Morgan fingerprint density at radius 3 is 2.39 bits per heavy atom. The van der Waals surface area contributed by atoms with E-state index in [-0.39, 0.29) is 0 Å². The highest BCUT2D eigenvalue weighted by molar-refractivity contribution is 7.89. The fraction of sp³-hybridized carbons (Fsp3) is 0.391. The highest BCUT2D eigenvalue weighted by atomic mass is 35.5. The average Bonchev–Trinajstić information content (AvgIpc) is 3.12. The van der Waals surface area contributed by atoms with Gasteiger partial charge in [0.15, 0.2) is 0 Å². The molecular formula is C23H28ClN3O3S. The molecule has 2 heterocycles. The first-order valence-corrected chi connectivity index (χ1v) is 12.7. The van der Waals surface area contributed by atoms with Crippen LogP contribution in [0.25, 0.3) is 22.2 Å². The number of fused-ring (bicyclic) bond motifs is 1. The molecule has 0 saturated carbocycles. The molecule has 31 heavy (non-hydrogen) atoms. The molecule has 0 aliphatic carbocycles. The normalized spacial score (nSPS) is 16.1. The lowest BCUT2D eigenvalue weighted by Crippen LogP contribution is -2.44. The quantitative estimate of drug-likeness (QED) is 0.501. The Bertz CT molecular complexity index is 1150. The molecule has 1 aliphatic heterocycles. The van der Waals surface area contributed by atoms with Crippen LogP contribution in [0.1, 0.15) is 6.42 Å². The molecular weight excluding hydrogens is 434 g/mol. The molecule has 6 nitrogen and oxygen atoms in total. The lowest BCUT2D eigenvalue weighted by Gasteiger charge is -2.32. The van der Waals surface area contributed by atoms with E-state index in [0.29, 0.717) is 22.8 Å². The number of hydrogen-bond acceptors (Lipinski definition) is 5. The fourth-order valence-corrected chi connectivity index (χ4v) is 5.21. The largest absolute Gasteiger partial charge is 0.494 e. The summed E-state index contributed by atoms with van der Waals surface area (Å²) in [4.78, 5) is 4.83. The maximum Gasteiger partial charge on any atom is 0.236 e. The fourth-order valence-electron chi connectivity index (χ4n) is 3.99. The van der Waals surface area contributed by atoms with Gasteiger partial charge >= 0.3 is 0 Å². The first kappa shape index (κ1) is 22.1. The number of aromatic nitrogens is 1. The zero-order chi connectivity index (χ0) is 22.0. The maximum atomic E-state index is 12.5. The third-order valence-electron chi connectivity index (χ3n) is 5.68. The van der Waals surface area contributed by atoms with Crippen molar-refractivity contribution in [3.05, 3.63) is 53.6 Å². The number of likely N-dealkylation sites (N-methyl/N-ethyl adjacent to an activating group) is 1. The van der Waals surface area contributed by atoms with Gasteiger partial charge in [-0.25, -0.2) is 12.4 Å². The van der Waals surface area contributed by atoms with Gasteiger partial charge < -0.3 is 14.5 Å². The van der Waals surface area contributed by atoms with Gasteiger partial charge in [-0.2, -0.15) is 0 Å². The molecule has 0 unspecified atom stereocenters. The molecule has 166 valence electrons. The molecule has 0 amide bonds. The van der Waals surface area contributed by atoms with E-state index >= 15 is 0 Å². The van der Waals surface area contributed by atoms with Gasteiger partial charge in [0.2, 0.25) is 10.0 Å². The van der Waals surface area contributed by atoms with E-state index in [1.165, 1.54) is 10.2 Å². The Morgan fingerprint density at radius 2 is 1.71 bits per heavy atom. The highest BCUT2D eigenvalue weighted by Gasteiger charge is 2.18. The molecule has 0 bridgehead atoms. The second-order valence-corrected chi connectivity index (χ2v) is 10.4. The van der Waals surface area contributed by atoms with Crippen LogP contribution >= 0.6 is 11.6 Å². The van der Waals surface area contributed by atoms with Crippen LogP contribution < -0.4 is 4.74 Å². The molecule has 1 saturated heterocycles. The van der Waals surface area contributed by atoms with Gasteiger partial charge in [0.25, 0.3) is 0 Å². The number of nitrogens with zero attached hydrogens (tertiary/aromatic N) is 3. The Hall–Kier alpha value is -2.06. The zero-order valence-corrected chi connectivity index (χ0v) is 19.5. The number of piperazine rings is 1. The summed E-state index contributed by atoms with van der Waals surface area (Å²) in [6.07, 6.45) is 2.19. The van der Waals surface area contributed by atoms with Crippen LogP contribution in [0.5, 0.6) is 5.75 Å². The van der Waals surface area contributed by atoms with Crippen LogP contribution in [0.3, 0.4) is 0 Å². The number of hydrogen-bond donors (Lipinski definition) is 0. The third kappa shape index (κ3) is 5.23. The van der Waals surface area contributed by atoms with Crippen molar-refractivity contribution in [1.29, 1.82) is 0 Å². The monoisotopic (exact) mass is 461 g/mol. The molecule has 1 aromatic heterocycles. The first-order chi connectivity index (χ1) is 14.8. The van der Waals surface area contributed by atoms with Crippen molar-refractivity contribution in [1.82, 2.24) is 13.8 Å². The Labute approximate surface area is 189 Å². The summed E-state index contributed by atoms with van der Waals surface area (Å²) in [6.45, 7) is 6.18. The molecule has 2 aromatic carbocycles. The van der Waals surface area contributed by atoms with Crippen LogP contribution in [0.15, 0.2) is 48.5 Å². The third-order valence-corrected chi connectivity index (χ3v) is 6.98. The van der Waals surface area contributed by atoms with Crippen molar-refractivity contribution in [2.24, 2.45) is 0 Å². The maximum absolute atomic E-state index is 12.5. The molecule has 1 aliphatic rings. The number of benzene rings is 2. The molecule has 0 N–H and O–H groups in total. The average molecular weight is 462 g/mol. The van der Waals surface area contributed by atoms with E-state index in [4.69, 9.17) is 16.3 Å². The van der Waals surface area contributed by atoms with E-state index in [9.17, 15) is 8.42 Å².